The summed E-state index contributed by atoms with van der Waals surface area (Å²) >= 11 is 3.50. The number of benzene rings is 2. The second-order valence-electron chi connectivity index (χ2n) is 7.61. The van der Waals surface area contributed by atoms with Crippen LogP contribution >= 0.6 is 15.9 Å². The number of nitrogens with zero attached hydrogens (tertiary/aromatic N) is 1. The molecule has 5 rings (SSSR count). The van der Waals surface area contributed by atoms with Gasteiger partial charge < -0.3 is 24.3 Å². The lowest BCUT2D eigenvalue weighted by Crippen LogP contribution is -2.45. The highest BCUT2D eigenvalue weighted by atomic mass is 79.9. The van der Waals surface area contributed by atoms with Crippen molar-refractivity contribution in [2.24, 2.45) is 0 Å². The molecule has 0 radical (unpaired) electrons. The summed E-state index contributed by atoms with van der Waals surface area (Å²) in [4.78, 5) is 27.1. The third-order valence-corrected chi connectivity index (χ3v) is 6.12. The molecule has 1 N–H and O–H groups in total. The molecule has 1 atom stereocenters. The molecule has 0 bridgehead atoms. The monoisotopic (exact) mass is 474 g/mol. The van der Waals surface area contributed by atoms with Gasteiger partial charge in [-0.3, -0.25) is 9.69 Å². The fourth-order valence-electron chi connectivity index (χ4n) is 3.87. The van der Waals surface area contributed by atoms with Crippen LogP contribution in [0.15, 0.2) is 34.8 Å². The number of hydrogen-bond acceptors (Lipinski definition) is 6. The number of carbonyl (C=O) groups excluding carboxylic acids is 2. The van der Waals surface area contributed by atoms with Gasteiger partial charge in [0.25, 0.3) is 5.91 Å². The third-order valence-electron chi connectivity index (χ3n) is 5.38. The molecule has 9 heteroatoms. The number of imide groups is 1. The Bertz CT molecular complexity index is 1060. The van der Waals surface area contributed by atoms with Crippen molar-refractivity contribution >= 4 is 27.9 Å². The normalized spacial score (nSPS) is 21.7. The van der Waals surface area contributed by atoms with Gasteiger partial charge in [0, 0.05) is 10.9 Å². The van der Waals surface area contributed by atoms with Crippen molar-refractivity contribution < 1.29 is 28.5 Å². The summed E-state index contributed by atoms with van der Waals surface area (Å²) in [5.41, 5.74) is 0.582. The van der Waals surface area contributed by atoms with Crippen molar-refractivity contribution in [1.29, 1.82) is 0 Å². The fourth-order valence-corrected chi connectivity index (χ4v) is 4.31. The quantitative estimate of drug-likeness (QED) is 0.685. The van der Waals surface area contributed by atoms with Crippen LogP contribution < -0.4 is 24.3 Å². The topological polar surface area (TPSA) is 86.3 Å². The molecule has 2 aromatic rings. The smallest absolute Gasteiger partial charge is 0.325 e. The largest absolute Gasteiger partial charge is 0.486 e. The van der Waals surface area contributed by atoms with Crippen molar-refractivity contribution in [3.63, 3.8) is 0 Å². The molecule has 0 unspecified atom stereocenters. The Labute approximate surface area is 181 Å². The average Bonchev–Trinajstić information content (AvgIpc) is 3.26. The Hall–Kier alpha value is -2.94. The molecule has 30 heavy (non-hydrogen) atoms. The van der Waals surface area contributed by atoms with Gasteiger partial charge in [-0.25, -0.2) is 4.79 Å². The molecule has 3 aliphatic heterocycles. The van der Waals surface area contributed by atoms with E-state index in [0.29, 0.717) is 42.6 Å². The maximum Gasteiger partial charge on any atom is 0.325 e. The van der Waals surface area contributed by atoms with Crippen molar-refractivity contribution in [3.8, 4) is 23.0 Å². The van der Waals surface area contributed by atoms with Gasteiger partial charge in [-0.1, -0.05) is 22.0 Å². The standard InChI is InChI=1S/C21H19BrN2O6/c1-21(9-12-2-3-15-16(6-12)30-11-29-15)19(25)24(20(26)23-21)10-13-7-17-18(8-14(13)22)28-5-4-27-17/h2-3,6-8H,4-5,9-11H2,1H3,(H,23,26)/t21-/m0/s1. The number of nitrogens with one attached hydrogen (secondary N) is 1. The van der Waals surface area contributed by atoms with Crippen LogP contribution in [-0.2, 0) is 17.8 Å². The van der Waals surface area contributed by atoms with Crippen molar-refractivity contribution in [3.05, 3.63) is 45.9 Å². The van der Waals surface area contributed by atoms with Crippen LogP contribution in [0.4, 0.5) is 4.79 Å². The molecule has 0 saturated carbocycles. The number of amides is 3. The summed E-state index contributed by atoms with van der Waals surface area (Å²) in [5.74, 6) is 2.28. The highest BCUT2D eigenvalue weighted by Crippen LogP contribution is 2.37. The van der Waals surface area contributed by atoms with Gasteiger partial charge in [0.1, 0.15) is 18.8 Å². The van der Waals surface area contributed by atoms with E-state index in [2.05, 4.69) is 21.2 Å². The van der Waals surface area contributed by atoms with Gasteiger partial charge in [0.05, 0.1) is 6.54 Å². The number of ether oxygens (including phenoxy) is 4. The van der Waals surface area contributed by atoms with Crippen LogP contribution in [0.5, 0.6) is 23.0 Å². The Morgan fingerprint density at radius 2 is 1.70 bits per heavy atom. The van der Waals surface area contributed by atoms with Gasteiger partial charge in [-0.2, -0.15) is 0 Å². The molecular weight excluding hydrogens is 456 g/mol. The number of hydrogen-bond donors (Lipinski definition) is 1. The highest BCUT2D eigenvalue weighted by molar-refractivity contribution is 9.10. The molecule has 3 aliphatic rings. The molecule has 3 amide bonds. The van der Waals surface area contributed by atoms with E-state index in [9.17, 15) is 9.59 Å². The second kappa shape index (κ2) is 7.09. The van der Waals surface area contributed by atoms with Gasteiger partial charge in [0.15, 0.2) is 23.0 Å². The van der Waals surface area contributed by atoms with E-state index in [0.717, 1.165) is 15.6 Å². The zero-order chi connectivity index (χ0) is 20.9. The average molecular weight is 475 g/mol. The predicted molar refractivity (Wildman–Crippen MR) is 109 cm³/mol. The third kappa shape index (κ3) is 3.23. The number of fused-ring (bicyclic) bond motifs is 2. The summed E-state index contributed by atoms with van der Waals surface area (Å²) in [7, 11) is 0. The zero-order valence-electron chi connectivity index (χ0n) is 16.2. The number of carbonyl (C=O) groups is 2. The number of rotatable bonds is 4. The lowest BCUT2D eigenvalue weighted by atomic mass is 9.92. The molecule has 1 saturated heterocycles. The molecule has 156 valence electrons. The van der Waals surface area contributed by atoms with Crippen LogP contribution in [-0.4, -0.2) is 42.4 Å². The molecule has 0 aromatic heterocycles. The first-order valence-electron chi connectivity index (χ1n) is 9.54. The summed E-state index contributed by atoms with van der Waals surface area (Å²) in [6.45, 7) is 2.99. The first kappa shape index (κ1) is 19.0. The maximum absolute atomic E-state index is 13.2. The van der Waals surface area contributed by atoms with Gasteiger partial charge in [-0.05, 0) is 42.3 Å². The van der Waals surface area contributed by atoms with Crippen LogP contribution in [0.25, 0.3) is 0 Å². The Morgan fingerprint density at radius 3 is 2.50 bits per heavy atom. The lowest BCUT2D eigenvalue weighted by molar-refractivity contribution is -0.131. The van der Waals surface area contributed by atoms with E-state index in [-0.39, 0.29) is 19.2 Å². The van der Waals surface area contributed by atoms with Crippen LogP contribution in [0, 0.1) is 0 Å². The highest BCUT2D eigenvalue weighted by Gasteiger charge is 2.48. The first-order valence-corrected chi connectivity index (χ1v) is 10.3. The van der Waals surface area contributed by atoms with Crippen molar-refractivity contribution in [2.45, 2.75) is 25.4 Å². The second-order valence-corrected chi connectivity index (χ2v) is 8.46. The minimum Gasteiger partial charge on any atom is -0.486 e. The van der Waals surface area contributed by atoms with Crippen LogP contribution in [0.1, 0.15) is 18.1 Å². The minimum atomic E-state index is -1.05. The lowest BCUT2D eigenvalue weighted by Gasteiger charge is -2.23. The number of urea groups is 1. The SMILES string of the molecule is C[C@@]1(Cc2ccc3c(c2)OCO3)NC(=O)N(Cc2cc3c(cc2Br)OCCO3)C1=O. The molecule has 3 heterocycles. The van der Waals surface area contributed by atoms with Crippen LogP contribution in [0.3, 0.4) is 0 Å². The molecule has 0 spiro atoms. The Morgan fingerprint density at radius 1 is 1.00 bits per heavy atom. The van der Waals surface area contributed by atoms with Crippen molar-refractivity contribution in [1.82, 2.24) is 10.2 Å². The van der Waals surface area contributed by atoms with Gasteiger partial charge >= 0.3 is 6.03 Å². The van der Waals surface area contributed by atoms with Crippen LogP contribution in [0.2, 0.25) is 0 Å². The number of halogens is 1. The van der Waals surface area contributed by atoms with Gasteiger partial charge in [0.2, 0.25) is 6.79 Å². The first-order chi connectivity index (χ1) is 14.4. The molecule has 8 nitrogen and oxygen atoms in total. The van der Waals surface area contributed by atoms with E-state index in [4.69, 9.17) is 18.9 Å². The van der Waals surface area contributed by atoms with E-state index in [1.165, 1.54) is 4.90 Å². The van der Waals surface area contributed by atoms with Crippen molar-refractivity contribution in [2.75, 3.05) is 20.0 Å². The molecule has 2 aromatic carbocycles. The maximum atomic E-state index is 13.2. The summed E-state index contributed by atoms with van der Waals surface area (Å²) in [6.07, 6.45) is 0.340. The molecule has 0 aliphatic carbocycles. The minimum absolute atomic E-state index is 0.124. The van der Waals surface area contributed by atoms with E-state index in [1.54, 1.807) is 19.1 Å². The van der Waals surface area contributed by atoms with E-state index < -0.39 is 11.6 Å². The molecular formula is C21H19BrN2O6. The fraction of sp³-hybridized carbons (Fsp3) is 0.333. The van der Waals surface area contributed by atoms with Gasteiger partial charge in [-0.15, -0.1) is 0 Å². The predicted octanol–water partition coefficient (Wildman–Crippen LogP) is 3.00. The van der Waals surface area contributed by atoms with E-state index >= 15 is 0 Å². The summed E-state index contributed by atoms with van der Waals surface area (Å²) in [5, 5.41) is 2.84. The Balaban J connectivity index is 1.36. The summed E-state index contributed by atoms with van der Waals surface area (Å²) in [6, 6.07) is 8.70. The zero-order valence-corrected chi connectivity index (χ0v) is 17.8. The summed E-state index contributed by atoms with van der Waals surface area (Å²) < 4.78 is 22.7. The van der Waals surface area contributed by atoms with E-state index in [1.807, 2.05) is 18.2 Å². The molecule has 1 fully saturated rings. The Kier molecular flexibility index (Phi) is 4.50.